The smallest absolute Gasteiger partial charge is 0.162 e. The number of H-pyrrole nitrogens is 1. The van der Waals surface area contributed by atoms with Crippen molar-refractivity contribution in [2.75, 3.05) is 81.7 Å². The Morgan fingerprint density at radius 3 is 1.41 bits per heavy atom. The van der Waals surface area contributed by atoms with Crippen LogP contribution in [0.1, 0.15) is 131 Å². The number of aryl methyl sites for hydroxylation is 12. The van der Waals surface area contributed by atoms with Crippen LogP contribution in [0.5, 0.6) is 40.2 Å². The Morgan fingerprint density at radius 2 is 0.869 bits per heavy atom. The molecule has 8 aromatic carbocycles. The minimum atomic E-state index is 0.125. The molecule has 18 rings (SSSR count). The van der Waals surface area contributed by atoms with Crippen molar-refractivity contribution in [3.63, 3.8) is 0 Å². The lowest BCUT2D eigenvalue weighted by Gasteiger charge is -2.28. The first-order chi connectivity index (χ1) is 62.9. The number of hydrogen-bond acceptors (Lipinski definition) is 19. The molecular weight excluding hydrogens is 1670 g/mol. The van der Waals surface area contributed by atoms with Gasteiger partial charge in [-0.1, -0.05) is 77.8 Å². The summed E-state index contributed by atoms with van der Waals surface area (Å²) in [6, 6.07) is 60.9. The summed E-state index contributed by atoms with van der Waals surface area (Å²) in [5.41, 5.74) is 23.9. The molecule has 26 heteroatoms. The van der Waals surface area contributed by atoms with Crippen molar-refractivity contribution in [1.82, 2.24) is 64.0 Å². The fourth-order valence-corrected chi connectivity index (χ4v) is 18.9. The Bertz CT molecular complexity index is 6960. The number of methoxy groups -OCH3 is 3. The number of nitrogens with zero attached hydrogens (tertiary/aromatic N) is 13. The van der Waals surface area contributed by atoms with Crippen LogP contribution in [0.4, 0.5) is 29.0 Å². The van der Waals surface area contributed by atoms with Crippen molar-refractivity contribution in [3.8, 4) is 63.0 Å². The monoisotopic (exact) mass is 1780 g/mol. The maximum absolute atomic E-state index is 6.34. The van der Waals surface area contributed by atoms with Crippen LogP contribution >= 0.6 is 23.2 Å². The van der Waals surface area contributed by atoms with E-state index in [1.807, 2.05) is 139 Å². The van der Waals surface area contributed by atoms with Crippen LogP contribution in [-0.4, -0.2) is 125 Å². The molecule has 0 amide bonds. The SMILES string of the molecule is CCOc1ccc(-n2c(C)c3c(C)nnc(N4CCc5c([nH]c6ccccc56)C4)c3c2C)cc1.CCOc1ccc(-n2c(C)c3c(C)nnc(NC(C)c4ccccc4)c3c2C)cc1.CCOc1ccc(-n2c(C)c3c(C)nnc(NCCc4ccc(Cl)cc4Cl)c3c2C)c(OC)c1.CCOc1ccc(-n2c(C)c3c(C)nnc(Nc4ccc(OC)c(OC)c4)c3c2C)cc1. The van der Waals surface area contributed by atoms with Gasteiger partial charge in [-0.15, -0.1) is 20.4 Å². The molecule has 0 saturated heterocycles. The van der Waals surface area contributed by atoms with Gasteiger partial charge in [0, 0.05) is 163 Å². The number of nitrogens with one attached hydrogen (secondary N) is 4. The van der Waals surface area contributed by atoms with Gasteiger partial charge in [0.1, 0.15) is 28.7 Å². The molecule has 17 aromatic rings. The number of anilines is 5. The number of fused-ring (bicyclic) bond motifs is 7. The zero-order valence-corrected chi connectivity index (χ0v) is 79.2. The lowest BCUT2D eigenvalue weighted by atomic mass is 10.0. The van der Waals surface area contributed by atoms with Gasteiger partial charge < -0.3 is 77.3 Å². The van der Waals surface area contributed by atoms with Crippen molar-refractivity contribution >= 4 is 106 Å². The van der Waals surface area contributed by atoms with Crippen LogP contribution in [0.25, 0.3) is 76.7 Å². The number of para-hydroxylation sites is 1. The highest BCUT2D eigenvalue weighted by Gasteiger charge is 2.30. The first kappa shape index (κ1) is 90.9. The van der Waals surface area contributed by atoms with E-state index in [1.54, 1.807) is 27.4 Å². The maximum Gasteiger partial charge on any atom is 0.162 e. The van der Waals surface area contributed by atoms with E-state index >= 15 is 0 Å². The molecule has 0 radical (unpaired) electrons. The van der Waals surface area contributed by atoms with Crippen LogP contribution in [0.2, 0.25) is 10.0 Å². The third kappa shape index (κ3) is 18.2. The van der Waals surface area contributed by atoms with E-state index in [0.717, 1.165) is 195 Å². The number of benzene rings is 8. The van der Waals surface area contributed by atoms with Crippen molar-refractivity contribution < 1.29 is 33.2 Å². The highest BCUT2D eigenvalue weighted by atomic mass is 35.5. The second-order valence-corrected chi connectivity index (χ2v) is 33.1. The largest absolute Gasteiger partial charge is 0.494 e. The van der Waals surface area contributed by atoms with Gasteiger partial charge in [-0.3, -0.25) is 0 Å². The third-order valence-electron chi connectivity index (χ3n) is 24.3. The standard InChI is InChI=1S/C28H29N5O.C26H28Cl2N4O2.C25H28N4O3.C25H28N4O/c1-5-34-21-12-10-20(11-13-21)33-18(3)26-17(2)30-31-28(27(26)19(33)4)32-15-14-23-22-8-6-7-9-24(22)29-25(23)16-32;1-6-34-20-9-10-22(23(14-20)33-5)32-16(3)24-15(2)30-31-26(25(24)17(32)4)29-12-11-18-7-8-19(27)13-21(18)28;1-7-32-20-11-9-19(10-12-20)29-16(3)23-15(2)27-28-25(24(23)17(29)4)26-18-8-13-21(30-5)22(14-18)31-6;1-6-30-22-14-12-21(13-15-22)29-18(4)23-17(3)27-28-25(24(23)19(29)5)26-16(2)20-10-8-7-9-11-20/h6-13,29H,5,14-16H2,1-4H3;7-10,13-14H,6,11-12H2,1-5H3,(H,29,31);8-14H,7H2,1-6H3,(H,26,28);7-16H,6H2,1-5H3,(H,26,28). The second kappa shape index (κ2) is 39.8. The van der Waals surface area contributed by atoms with Crippen molar-refractivity contribution in [3.05, 3.63) is 283 Å². The Labute approximate surface area is 769 Å². The predicted molar refractivity (Wildman–Crippen MR) is 527 cm³/mol. The van der Waals surface area contributed by atoms with Gasteiger partial charge in [0.25, 0.3) is 0 Å². The zero-order chi connectivity index (χ0) is 91.9. The fourth-order valence-electron chi connectivity index (χ4n) is 18.4. The summed E-state index contributed by atoms with van der Waals surface area (Å²) in [4.78, 5) is 6.02. The van der Waals surface area contributed by atoms with Crippen LogP contribution < -0.4 is 54.0 Å². The van der Waals surface area contributed by atoms with Crippen molar-refractivity contribution in [1.29, 1.82) is 0 Å². The summed E-state index contributed by atoms with van der Waals surface area (Å²) in [7, 11) is 4.91. The molecule has 10 heterocycles. The second-order valence-electron chi connectivity index (χ2n) is 32.3. The highest BCUT2D eigenvalue weighted by molar-refractivity contribution is 6.35. The summed E-state index contributed by atoms with van der Waals surface area (Å²) in [5.74, 6) is 8.69. The molecule has 130 heavy (non-hydrogen) atoms. The average Bonchev–Trinajstić information content (AvgIpc) is 1.59. The third-order valence-corrected chi connectivity index (χ3v) is 24.8. The number of rotatable bonds is 25. The number of aromatic amines is 1. The van der Waals surface area contributed by atoms with Crippen molar-refractivity contribution in [2.24, 2.45) is 0 Å². The minimum Gasteiger partial charge on any atom is -0.494 e. The summed E-state index contributed by atoms with van der Waals surface area (Å²) in [6.45, 7) is 40.2. The van der Waals surface area contributed by atoms with Gasteiger partial charge in [0.2, 0.25) is 0 Å². The first-order valence-electron chi connectivity index (χ1n) is 44.1. The lowest BCUT2D eigenvalue weighted by Crippen LogP contribution is -2.31. The molecule has 0 fully saturated rings. The van der Waals surface area contributed by atoms with Gasteiger partial charge in [0.15, 0.2) is 34.8 Å². The van der Waals surface area contributed by atoms with Crippen LogP contribution in [0, 0.1) is 83.1 Å². The van der Waals surface area contributed by atoms with Crippen LogP contribution in [0.15, 0.2) is 182 Å². The average molecular weight is 1780 g/mol. The minimum absolute atomic E-state index is 0.125. The summed E-state index contributed by atoms with van der Waals surface area (Å²) >= 11 is 12.4. The van der Waals surface area contributed by atoms with E-state index in [9.17, 15) is 0 Å². The summed E-state index contributed by atoms with van der Waals surface area (Å²) in [5, 5.41) is 58.1. The Balaban J connectivity index is 0.000000133. The molecule has 670 valence electrons. The molecular formula is C104H113Cl2N17O7. The Hall–Kier alpha value is -13.8. The molecule has 0 spiro atoms. The number of aromatic nitrogens is 13. The summed E-state index contributed by atoms with van der Waals surface area (Å²) in [6.07, 6.45) is 1.73. The molecule has 1 unspecified atom stereocenters. The van der Waals surface area contributed by atoms with E-state index in [-0.39, 0.29) is 6.04 Å². The summed E-state index contributed by atoms with van der Waals surface area (Å²) < 4.78 is 48.0. The molecule has 0 bridgehead atoms. The molecule has 4 N–H and O–H groups in total. The van der Waals surface area contributed by atoms with Crippen LogP contribution in [0.3, 0.4) is 0 Å². The topological polar surface area (TPSA) is 243 Å². The molecule has 0 aliphatic carbocycles. The molecule has 24 nitrogen and oxygen atoms in total. The van der Waals surface area contributed by atoms with Gasteiger partial charge in [-0.2, -0.15) is 20.4 Å². The van der Waals surface area contributed by atoms with Gasteiger partial charge in [0.05, 0.1) is 88.8 Å². The molecule has 1 aliphatic heterocycles. The molecule has 0 saturated carbocycles. The normalized spacial score (nSPS) is 12.0. The highest BCUT2D eigenvalue weighted by Crippen LogP contribution is 2.44. The first-order valence-corrected chi connectivity index (χ1v) is 44.9. The van der Waals surface area contributed by atoms with E-state index in [0.29, 0.717) is 60.3 Å². The van der Waals surface area contributed by atoms with Crippen LogP contribution in [-0.2, 0) is 19.4 Å². The zero-order valence-electron chi connectivity index (χ0n) is 77.7. The Morgan fingerprint density at radius 1 is 0.415 bits per heavy atom. The van der Waals surface area contributed by atoms with E-state index < -0.39 is 0 Å². The molecule has 9 aromatic heterocycles. The van der Waals surface area contributed by atoms with E-state index in [1.165, 1.54) is 49.9 Å². The lowest BCUT2D eigenvalue weighted by molar-refractivity contribution is 0.336. The Kier molecular flexibility index (Phi) is 27.8. The predicted octanol–water partition coefficient (Wildman–Crippen LogP) is 23.9. The van der Waals surface area contributed by atoms with Gasteiger partial charge in [-0.05, 0) is 262 Å². The maximum atomic E-state index is 6.34. The van der Waals surface area contributed by atoms with Gasteiger partial charge in [-0.25, -0.2) is 0 Å². The van der Waals surface area contributed by atoms with E-state index in [4.69, 9.17) is 61.5 Å². The molecule has 1 aliphatic rings. The number of halogens is 2. The quantitative estimate of drug-likeness (QED) is 0.0416. The van der Waals surface area contributed by atoms with Gasteiger partial charge >= 0.3 is 0 Å². The van der Waals surface area contributed by atoms with Crippen molar-refractivity contribution in [2.45, 2.75) is 143 Å². The number of ether oxygens (including phenoxy) is 7. The number of hydrogen-bond donors (Lipinski definition) is 4. The molecule has 1 atom stereocenters. The fraction of sp³-hybridized carbons (Fsp3) is 0.288. The van der Waals surface area contributed by atoms with E-state index in [2.05, 4.69) is 234 Å².